The Balaban J connectivity index is 1.91. The fourth-order valence-electron chi connectivity index (χ4n) is 1.46. The molecule has 0 aliphatic rings. The first-order valence-corrected chi connectivity index (χ1v) is 6.29. The molecule has 86 valence electrons. The van der Waals surface area contributed by atoms with Crippen molar-refractivity contribution in [1.82, 2.24) is 9.97 Å². The average molecular weight is 237 g/mol. The maximum absolute atomic E-state index is 5.27. The second kappa shape index (κ2) is 5.77. The van der Waals surface area contributed by atoms with Crippen LogP contribution in [-0.4, -0.2) is 29.7 Å². The van der Waals surface area contributed by atoms with Gasteiger partial charge in [0.05, 0.1) is 5.39 Å². The molecule has 5 heteroatoms. The second-order valence-electron chi connectivity index (χ2n) is 3.34. The maximum atomic E-state index is 5.27. The van der Waals surface area contributed by atoms with Crippen LogP contribution in [0.4, 0.5) is 5.82 Å². The highest BCUT2D eigenvalue weighted by Crippen LogP contribution is 2.23. The van der Waals surface area contributed by atoms with E-state index in [1.54, 1.807) is 17.7 Å². The van der Waals surface area contributed by atoms with Gasteiger partial charge in [0.1, 0.15) is 17.0 Å². The van der Waals surface area contributed by atoms with Gasteiger partial charge in [0.15, 0.2) is 0 Å². The molecule has 4 nitrogen and oxygen atoms in total. The van der Waals surface area contributed by atoms with E-state index in [9.17, 15) is 0 Å². The van der Waals surface area contributed by atoms with Crippen LogP contribution in [-0.2, 0) is 4.74 Å². The number of hydrogen-bond acceptors (Lipinski definition) is 5. The minimum atomic E-state index is 0.780. The average Bonchev–Trinajstić information content (AvgIpc) is 2.77. The third-order valence-corrected chi connectivity index (χ3v) is 3.04. The van der Waals surface area contributed by atoms with Crippen molar-refractivity contribution >= 4 is 27.4 Å². The van der Waals surface area contributed by atoms with E-state index >= 15 is 0 Å². The molecular weight excluding hydrogens is 222 g/mol. The number of anilines is 1. The van der Waals surface area contributed by atoms with Gasteiger partial charge in [-0.05, 0) is 24.8 Å². The SMILES string of the molecule is CCOCCCNc1ncnc2sccc12. The van der Waals surface area contributed by atoms with E-state index in [-0.39, 0.29) is 0 Å². The van der Waals surface area contributed by atoms with Crippen LogP contribution >= 0.6 is 11.3 Å². The van der Waals surface area contributed by atoms with Gasteiger partial charge in [0.25, 0.3) is 0 Å². The Morgan fingerprint density at radius 1 is 1.44 bits per heavy atom. The third kappa shape index (κ3) is 2.68. The molecule has 0 aliphatic heterocycles. The lowest BCUT2D eigenvalue weighted by Crippen LogP contribution is -2.07. The lowest BCUT2D eigenvalue weighted by atomic mass is 10.3. The Labute approximate surface area is 98.7 Å². The number of hydrogen-bond donors (Lipinski definition) is 1. The van der Waals surface area contributed by atoms with Crippen molar-refractivity contribution in [2.75, 3.05) is 25.1 Å². The molecule has 0 aliphatic carbocycles. The first-order chi connectivity index (χ1) is 7.92. The van der Waals surface area contributed by atoms with Crippen LogP contribution < -0.4 is 5.32 Å². The predicted molar refractivity (Wildman–Crippen MR) is 67.0 cm³/mol. The van der Waals surface area contributed by atoms with Crippen molar-refractivity contribution in [3.8, 4) is 0 Å². The lowest BCUT2D eigenvalue weighted by molar-refractivity contribution is 0.147. The zero-order chi connectivity index (χ0) is 11.2. The molecular formula is C11H15N3OS. The normalized spacial score (nSPS) is 10.8. The number of thiophene rings is 1. The molecule has 0 amide bonds. The van der Waals surface area contributed by atoms with Gasteiger partial charge < -0.3 is 10.1 Å². The molecule has 0 atom stereocenters. The van der Waals surface area contributed by atoms with Crippen LogP contribution in [0.1, 0.15) is 13.3 Å². The standard InChI is InChI=1S/C11H15N3OS/c1-2-15-6-3-5-12-10-9-4-7-16-11(9)14-8-13-10/h4,7-8H,2-3,5-6H2,1H3,(H,12,13,14). The highest BCUT2D eigenvalue weighted by Gasteiger charge is 2.02. The third-order valence-electron chi connectivity index (χ3n) is 2.22. The summed E-state index contributed by atoms with van der Waals surface area (Å²) in [5, 5.41) is 6.44. The second-order valence-corrected chi connectivity index (χ2v) is 4.23. The summed E-state index contributed by atoms with van der Waals surface area (Å²) in [6.07, 6.45) is 2.59. The quantitative estimate of drug-likeness (QED) is 0.784. The number of rotatable bonds is 6. The molecule has 0 aromatic carbocycles. The number of ether oxygens (including phenoxy) is 1. The first kappa shape index (κ1) is 11.3. The van der Waals surface area contributed by atoms with Gasteiger partial charge in [-0.2, -0.15) is 0 Å². The Morgan fingerprint density at radius 3 is 3.25 bits per heavy atom. The van der Waals surface area contributed by atoms with E-state index in [0.29, 0.717) is 0 Å². The Bertz CT molecular complexity index is 443. The van der Waals surface area contributed by atoms with E-state index in [1.165, 1.54) is 0 Å². The molecule has 0 fully saturated rings. The first-order valence-electron chi connectivity index (χ1n) is 5.41. The van der Waals surface area contributed by atoms with Crippen molar-refractivity contribution in [2.45, 2.75) is 13.3 Å². The van der Waals surface area contributed by atoms with E-state index in [1.807, 2.05) is 18.4 Å². The molecule has 0 spiro atoms. The van der Waals surface area contributed by atoms with Crippen molar-refractivity contribution < 1.29 is 4.74 Å². The molecule has 0 bridgehead atoms. The minimum absolute atomic E-state index is 0.780. The van der Waals surface area contributed by atoms with Crippen LogP contribution in [0.5, 0.6) is 0 Å². The van der Waals surface area contributed by atoms with Gasteiger partial charge in [-0.3, -0.25) is 0 Å². The zero-order valence-corrected chi connectivity index (χ0v) is 10.1. The monoisotopic (exact) mass is 237 g/mol. The lowest BCUT2D eigenvalue weighted by Gasteiger charge is -2.06. The smallest absolute Gasteiger partial charge is 0.138 e. The molecule has 2 rings (SSSR count). The van der Waals surface area contributed by atoms with Crippen molar-refractivity contribution in [3.05, 3.63) is 17.8 Å². The molecule has 2 aromatic heterocycles. The summed E-state index contributed by atoms with van der Waals surface area (Å²) in [5.41, 5.74) is 0. The molecule has 1 N–H and O–H groups in total. The van der Waals surface area contributed by atoms with Gasteiger partial charge in [-0.1, -0.05) is 0 Å². The zero-order valence-electron chi connectivity index (χ0n) is 9.27. The van der Waals surface area contributed by atoms with Crippen LogP contribution in [0.25, 0.3) is 10.2 Å². The van der Waals surface area contributed by atoms with Gasteiger partial charge in [-0.15, -0.1) is 11.3 Å². The molecule has 0 saturated heterocycles. The van der Waals surface area contributed by atoms with E-state index < -0.39 is 0 Å². The van der Waals surface area contributed by atoms with Crippen LogP contribution in [0.2, 0.25) is 0 Å². The molecule has 0 saturated carbocycles. The largest absolute Gasteiger partial charge is 0.382 e. The number of nitrogens with one attached hydrogen (secondary N) is 1. The fourth-order valence-corrected chi connectivity index (χ4v) is 2.19. The predicted octanol–water partition coefficient (Wildman–Crippen LogP) is 2.53. The number of fused-ring (bicyclic) bond motifs is 1. The van der Waals surface area contributed by atoms with Crippen LogP contribution in [0, 0.1) is 0 Å². The summed E-state index contributed by atoms with van der Waals surface area (Å²) < 4.78 is 5.27. The minimum Gasteiger partial charge on any atom is -0.382 e. The fraction of sp³-hybridized carbons (Fsp3) is 0.455. The molecule has 2 aromatic rings. The highest BCUT2D eigenvalue weighted by atomic mass is 32.1. The summed E-state index contributed by atoms with van der Waals surface area (Å²) in [7, 11) is 0. The Kier molecular flexibility index (Phi) is 4.07. The molecule has 0 unspecified atom stereocenters. The van der Waals surface area contributed by atoms with E-state index in [2.05, 4.69) is 15.3 Å². The molecule has 16 heavy (non-hydrogen) atoms. The van der Waals surface area contributed by atoms with E-state index in [4.69, 9.17) is 4.74 Å². The van der Waals surface area contributed by atoms with Gasteiger partial charge in [0, 0.05) is 19.8 Å². The maximum Gasteiger partial charge on any atom is 0.138 e. The topological polar surface area (TPSA) is 47.0 Å². The van der Waals surface area contributed by atoms with E-state index in [0.717, 1.165) is 42.2 Å². The van der Waals surface area contributed by atoms with Gasteiger partial charge >= 0.3 is 0 Å². The van der Waals surface area contributed by atoms with Gasteiger partial charge in [-0.25, -0.2) is 9.97 Å². The van der Waals surface area contributed by atoms with Crippen LogP contribution in [0.15, 0.2) is 17.8 Å². The molecule has 0 radical (unpaired) electrons. The van der Waals surface area contributed by atoms with Crippen molar-refractivity contribution in [2.24, 2.45) is 0 Å². The number of aromatic nitrogens is 2. The van der Waals surface area contributed by atoms with Gasteiger partial charge in [0.2, 0.25) is 0 Å². The number of nitrogens with zero attached hydrogens (tertiary/aromatic N) is 2. The summed E-state index contributed by atoms with van der Waals surface area (Å²) in [5.74, 6) is 0.919. The van der Waals surface area contributed by atoms with Crippen molar-refractivity contribution in [1.29, 1.82) is 0 Å². The summed E-state index contributed by atoms with van der Waals surface area (Å²) in [4.78, 5) is 9.47. The van der Waals surface area contributed by atoms with Crippen molar-refractivity contribution in [3.63, 3.8) is 0 Å². The summed E-state index contributed by atoms with van der Waals surface area (Å²) in [6, 6.07) is 2.05. The van der Waals surface area contributed by atoms with Crippen LogP contribution in [0.3, 0.4) is 0 Å². The highest BCUT2D eigenvalue weighted by molar-refractivity contribution is 7.16. The molecule has 2 heterocycles. The summed E-state index contributed by atoms with van der Waals surface area (Å²) >= 11 is 1.63. The Hall–Kier alpha value is -1.20. The Morgan fingerprint density at radius 2 is 2.38 bits per heavy atom. The summed E-state index contributed by atoms with van der Waals surface area (Å²) in [6.45, 7) is 4.46.